The first-order valence-corrected chi connectivity index (χ1v) is 9.23. The molecule has 2 amide bonds. The van der Waals surface area contributed by atoms with E-state index in [1.807, 2.05) is 0 Å². The van der Waals surface area contributed by atoms with Gasteiger partial charge in [0.1, 0.15) is 5.76 Å². The maximum atomic E-state index is 12.7. The van der Waals surface area contributed by atoms with Crippen molar-refractivity contribution < 1.29 is 23.8 Å². The molecule has 0 saturated carbocycles. The third-order valence-corrected chi connectivity index (χ3v) is 4.30. The van der Waals surface area contributed by atoms with E-state index in [1.165, 1.54) is 18.4 Å². The Morgan fingerprint density at radius 3 is 2.66 bits per heavy atom. The quantitative estimate of drug-likeness (QED) is 0.537. The van der Waals surface area contributed by atoms with Crippen LogP contribution in [0.4, 0.5) is 5.69 Å². The molecule has 0 aliphatic heterocycles. The molecule has 0 fully saturated rings. The van der Waals surface area contributed by atoms with Gasteiger partial charge in [0.05, 0.1) is 35.7 Å². The Balaban J connectivity index is 1.78. The van der Waals surface area contributed by atoms with Crippen LogP contribution < -0.4 is 15.4 Å². The van der Waals surface area contributed by atoms with Gasteiger partial charge in [-0.2, -0.15) is 0 Å². The lowest BCUT2D eigenvalue weighted by Crippen LogP contribution is -2.24. The molecule has 3 rings (SSSR count). The Bertz CT molecular complexity index is 1020. The number of hydrogen-bond donors (Lipinski definition) is 3. The number of para-hydroxylation sites is 1. The van der Waals surface area contributed by atoms with Crippen molar-refractivity contribution in [1.82, 2.24) is 5.32 Å². The number of ether oxygens (including phenoxy) is 1. The molecule has 7 nitrogen and oxygen atoms in total. The fourth-order valence-corrected chi connectivity index (χ4v) is 2.84. The van der Waals surface area contributed by atoms with Gasteiger partial charge in [-0.05, 0) is 43.3 Å². The number of nitrogens with one attached hydrogen (secondary N) is 2. The van der Waals surface area contributed by atoms with Crippen LogP contribution >= 0.6 is 11.6 Å². The second-order valence-corrected chi connectivity index (χ2v) is 6.41. The lowest BCUT2D eigenvalue weighted by molar-refractivity contribution is 0.0949. The van der Waals surface area contributed by atoms with Crippen LogP contribution in [-0.2, 0) is 6.54 Å². The topological polar surface area (TPSA) is 101 Å². The van der Waals surface area contributed by atoms with Crippen molar-refractivity contribution in [3.8, 4) is 11.5 Å². The normalized spacial score (nSPS) is 10.4. The zero-order valence-corrected chi connectivity index (χ0v) is 16.3. The minimum Gasteiger partial charge on any atom is -0.503 e. The molecule has 0 bridgehead atoms. The molecule has 1 heterocycles. The minimum absolute atomic E-state index is 0.00873. The van der Waals surface area contributed by atoms with E-state index in [1.54, 1.807) is 43.3 Å². The average Bonchev–Trinajstić information content (AvgIpc) is 3.23. The second-order valence-electron chi connectivity index (χ2n) is 6.00. The standard InChI is InChI=1S/C21H19ClN2O5/c1-2-28-18-11-13(10-16(22)19(18)25)20(26)24-17-8-4-3-7-15(17)21(27)23-12-14-6-5-9-29-14/h3-11,25H,2,12H2,1H3,(H,23,27)(H,24,26). The van der Waals surface area contributed by atoms with E-state index >= 15 is 0 Å². The Hall–Kier alpha value is -3.45. The van der Waals surface area contributed by atoms with Crippen molar-refractivity contribution in [2.24, 2.45) is 0 Å². The van der Waals surface area contributed by atoms with Crippen LogP contribution in [0.15, 0.2) is 59.2 Å². The van der Waals surface area contributed by atoms with Crippen molar-refractivity contribution in [3.63, 3.8) is 0 Å². The smallest absolute Gasteiger partial charge is 0.255 e. The fraction of sp³-hybridized carbons (Fsp3) is 0.143. The van der Waals surface area contributed by atoms with E-state index in [0.717, 1.165) is 0 Å². The molecule has 1 aromatic heterocycles. The molecule has 3 N–H and O–H groups in total. The second kappa shape index (κ2) is 9.16. The Labute approximate surface area is 172 Å². The number of phenols is 1. The number of aromatic hydroxyl groups is 1. The Kier molecular flexibility index (Phi) is 6.41. The minimum atomic E-state index is -0.501. The van der Waals surface area contributed by atoms with Gasteiger partial charge in [-0.25, -0.2) is 0 Å². The predicted molar refractivity (Wildman–Crippen MR) is 109 cm³/mol. The summed E-state index contributed by atoms with van der Waals surface area (Å²) in [5, 5.41) is 15.4. The summed E-state index contributed by atoms with van der Waals surface area (Å²) in [4.78, 5) is 25.2. The largest absolute Gasteiger partial charge is 0.503 e. The molecule has 0 unspecified atom stereocenters. The Morgan fingerprint density at radius 1 is 1.14 bits per heavy atom. The van der Waals surface area contributed by atoms with Crippen molar-refractivity contribution in [2.75, 3.05) is 11.9 Å². The number of amides is 2. The number of rotatable bonds is 7. The highest BCUT2D eigenvalue weighted by molar-refractivity contribution is 6.32. The number of halogens is 1. The van der Waals surface area contributed by atoms with Crippen molar-refractivity contribution in [3.05, 3.63) is 76.7 Å². The van der Waals surface area contributed by atoms with Gasteiger partial charge in [0, 0.05) is 5.56 Å². The zero-order chi connectivity index (χ0) is 20.8. The fourth-order valence-electron chi connectivity index (χ4n) is 2.63. The number of anilines is 1. The summed E-state index contributed by atoms with van der Waals surface area (Å²) >= 11 is 5.99. The maximum Gasteiger partial charge on any atom is 0.255 e. The van der Waals surface area contributed by atoms with Gasteiger partial charge in [0.25, 0.3) is 11.8 Å². The first kappa shape index (κ1) is 20.3. The summed E-state index contributed by atoms with van der Waals surface area (Å²) in [6.07, 6.45) is 1.52. The van der Waals surface area contributed by atoms with Crippen LogP contribution in [0.5, 0.6) is 11.5 Å². The van der Waals surface area contributed by atoms with Gasteiger partial charge in [-0.3, -0.25) is 9.59 Å². The number of carbonyl (C=O) groups is 2. The summed E-state index contributed by atoms with van der Waals surface area (Å²) < 4.78 is 10.5. The molecule has 29 heavy (non-hydrogen) atoms. The lowest BCUT2D eigenvalue weighted by atomic mass is 10.1. The third kappa shape index (κ3) is 4.89. The van der Waals surface area contributed by atoms with Crippen LogP contribution in [-0.4, -0.2) is 23.5 Å². The van der Waals surface area contributed by atoms with Crippen LogP contribution in [0.2, 0.25) is 5.02 Å². The molecule has 3 aromatic rings. The molecule has 8 heteroatoms. The number of furan rings is 1. The predicted octanol–water partition coefficient (Wildman–Crippen LogP) is 4.22. The van der Waals surface area contributed by atoms with Crippen molar-refractivity contribution in [1.29, 1.82) is 0 Å². The molecular weight excluding hydrogens is 396 g/mol. The van der Waals surface area contributed by atoms with E-state index < -0.39 is 5.91 Å². The Morgan fingerprint density at radius 2 is 1.93 bits per heavy atom. The lowest BCUT2D eigenvalue weighted by Gasteiger charge is -2.13. The first-order chi connectivity index (χ1) is 14.0. The summed E-state index contributed by atoms with van der Waals surface area (Å²) in [5.41, 5.74) is 0.806. The molecular formula is C21H19ClN2O5. The van der Waals surface area contributed by atoms with Crippen LogP contribution in [0.1, 0.15) is 33.4 Å². The molecule has 2 aromatic carbocycles. The van der Waals surface area contributed by atoms with Gasteiger partial charge in [-0.15, -0.1) is 0 Å². The van der Waals surface area contributed by atoms with E-state index in [0.29, 0.717) is 23.6 Å². The van der Waals surface area contributed by atoms with E-state index in [2.05, 4.69) is 10.6 Å². The van der Waals surface area contributed by atoms with Gasteiger partial charge in [0.15, 0.2) is 11.5 Å². The molecule has 0 aliphatic carbocycles. The summed E-state index contributed by atoms with van der Waals surface area (Å²) in [5.74, 6) is -0.380. The van der Waals surface area contributed by atoms with Crippen molar-refractivity contribution >= 4 is 29.1 Å². The molecule has 150 valence electrons. The van der Waals surface area contributed by atoms with E-state index in [4.69, 9.17) is 20.8 Å². The average molecular weight is 415 g/mol. The monoisotopic (exact) mass is 414 g/mol. The van der Waals surface area contributed by atoms with E-state index in [-0.39, 0.29) is 34.5 Å². The van der Waals surface area contributed by atoms with Gasteiger partial charge < -0.3 is 24.9 Å². The van der Waals surface area contributed by atoms with Crippen LogP contribution in [0, 0.1) is 0 Å². The highest BCUT2D eigenvalue weighted by Gasteiger charge is 2.17. The highest BCUT2D eigenvalue weighted by Crippen LogP contribution is 2.35. The third-order valence-electron chi connectivity index (χ3n) is 4.01. The van der Waals surface area contributed by atoms with E-state index in [9.17, 15) is 14.7 Å². The highest BCUT2D eigenvalue weighted by atomic mass is 35.5. The summed E-state index contributed by atoms with van der Waals surface area (Å²) in [7, 11) is 0. The van der Waals surface area contributed by atoms with Crippen LogP contribution in [0.25, 0.3) is 0 Å². The number of phenolic OH excluding ortho intramolecular Hbond substituents is 1. The number of carbonyl (C=O) groups excluding carboxylic acids is 2. The van der Waals surface area contributed by atoms with Crippen molar-refractivity contribution in [2.45, 2.75) is 13.5 Å². The maximum absolute atomic E-state index is 12.7. The molecule has 0 aliphatic rings. The van der Waals surface area contributed by atoms with Gasteiger partial charge in [0.2, 0.25) is 0 Å². The number of hydrogen-bond acceptors (Lipinski definition) is 5. The molecule has 0 radical (unpaired) electrons. The number of benzene rings is 2. The zero-order valence-electron chi connectivity index (χ0n) is 15.6. The van der Waals surface area contributed by atoms with Gasteiger partial charge in [-0.1, -0.05) is 23.7 Å². The molecule has 0 atom stereocenters. The molecule has 0 saturated heterocycles. The van der Waals surface area contributed by atoms with Crippen LogP contribution in [0.3, 0.4) is 0 Å². The molecule has 0 spiro atoms. The SMILES string of the molecule is CCOc1cc(C(=O)Nc2ccccc2C(=O)NCc2ccco2)cc(Cl)c1O. The summed E-state index contributed by atoms with van der Waals surface area (Å²) in [6, 6.07) is 12.8. The van der Waals surface area contributed by atoms with Gasteiger partial charge >= 0.3 is 0 Å². The summed E-state index contributed by atoms with van der Waals surface area (Å²) in [6.45, 7) is 2.27. The first-order valence-electron chi connectivity index (χ1n) is 8.86.